The molecule has 14 heavy (non-hydrogen) atoms. The van der Waals surface area contributed by atoms with Gasteiger partial charge in [-0.2, -0.15) is 5.10 Å². The minimum Gasteiger partial charge on any atom is -0.237 e. The molecule has 2 rings (SSSR count). The van der Waals surface area contributed by atoms with E-state index in [1.807, 2.05) is 25.1 Å². The molecule has 0 N–H and O–H groups in total. The maximum atomic E-state index is 5.75. The summed E-state index contributed by atoms with van der Waals surface area (Å²) in [5, 5.41) is 4.07. The van der Waals surface area contributed by atoms with Crippen LogP contribution in [-0.2, 0) is 0 Å². The second-order valence-electron chi connectivity index (χ2n) is 3.01. The van der Waals surface area contributed by atoms with E-state index in [2.05, 4.69) is 15.1 Å². The van der Waals surface area contributed by atoms with E-state index in [9.17, 15) is 0 Å². The molecule has 1 atom stereocenters. The van der Waals surface area contributed by atoms with Gasteiger partial charge in [-0.25, -0.2) is 14.6 Å². The molecule has 0 saturated carbocycles. The fourth-order valence-corrected chi connectivity index (χ4v) is 1.22. The summed E-state index contributed by atoms with van der Waals surface area (Å²) in [6.45, 7) is 1.86. The van der Waals surface area contributed by atoms with Gasteiger partial charge in [-0.05, 0) is 17.9 Å². The molecule has 1 unspecified atom stereocenters. The third kappa shape index (κ3) is 1.53. The zero-order valence-corrected chi connectivity index (χ0v) is 7.83. The Kier molecular flexibility index (Phi) is 2.31. The van der Waals surface area contributed by atoms with Crippen molar-refractivity contribution in [2.24, 2.45) is 0 Å². The van der Waals surface area contributed by atoms with Gasteiger partial charge in [0.2, 0.25) is 0 Å². The molecule has 2 aromatic heterocycles. The van der Waals surface area contributed by atoms with Gasteiger partial charge in [0, 0.05) is 6.20 Å². The third-order valence-corrected chi connectivity index (χ3v) is 1.85. The lowest BCUT2D eigenvalue weighted by molar-refractivity contribution is 0.767. The first-order valence-corrected chi connectivity index (χ1v) is 4.36. The molecule has 68 valence electrons. The van der Waals surface area contributed by atoms with Crippen molar-refractivity contribution < 1.29 is 0 Å². The number of pyridine rings is 1. The lowest BCUT2D eigenvalue weighted by Crippen LogP contribution is -2.07. The summed E-state index contributed by atoms with van der Waals surface area (Å²) in [6.07, 6.45) is 3.19. The van der Waals surface area contributed by atoms with Crippen molar-refractivity contribution >= 4 is 7.85 Å². The molecule has 4 nitrogen and oxygen atoms in total. The number of hydrogen-bond acceptors (Lipinski definition) is 3. The van der Waals surface area contributed by atoms with E-state index in [1.54, 1.807) is 10.9 Å². The van der Waals surface area contributed by atoms with Gasteiger partial charge in [-0.3, -0.25) is 0 Å². The quantitative estimate of drug-likeness (QED) is 0.651. The number of hydrogen-bond donors (Lipinski definition) is 0. The Morgan fingerprint density at radius 1 is 1.36 bits per heavy atom. The highest BCUT2D eigenvalue weighted by atomic mass is 15.4. The Bertz CT molecular complexity index is 410. The Morgan fingerprint density at radius 2 is 2.21 bits per heavy atom. The first kappa shape index (κ1) is 8.93. The van der Waals surface area contributed by atoms with Gasteiger partial charge in [0.15, 0.2) is 5.82 Å². The van der Waals surface area contributed by atoms with Gasteiger partial charge in [0.05, 0.1) is 7.85 Å². The molecule has 0 bridgehead atoms. The highest BCUT2D eigenvalue weighted by molar-refractivity contribution is 6.11. The smallest absolute Gasteiger partial charge is 0.155 e. The summed E-state index contributed by atoms with van der Waals surface area (Å²) >= 11 is 0. The summed E-state index contributed by atoms with van der Waals surface area (Å²) in [6, 6.07) is 5.61. The first-order valence-electron chi connectivity index (χ1n) is 4.36. The van der Waals surface area contributed by atoms with E-state index in [0.717, 1.165) is 5.82 Å². The first-order chi connectivity index (χ1) is 6.79. The van der Waals surface area contributed by atoms with Crippen molar-refractivity contribution in [3.63, 3.8) is 0 Å². The lowest BCUT2D eigenvalue weighted by atomic mass is 9.89. The summed E-state index contributed by atoms with van der Waals surface area (Å²) in [7, 11) is 5.75. The van der Waals surface area contributed by atoms with Crippen molar-refractivity contribution in [1.82, 2.24) is 19.7 Å². The fraction of sp³-hybridized carbons (Fsp3) is 0.222. The molecule has 0 aromatic carbocycles. The predicted molar refractivity (Wildman–Crippen MR) is 53.3 cm³/mol. The molecule has 2 heterocycles. The van der Waals surface area contributed by atoms with Crippen LogP contribution in [0.25, 0.3) is 5.82 Å². The van der Waals surface area contributed by atoms with Crippen molar-refractivity contribution in [2.45, 2.75) is 12.7 Å². The molecule has 0 fully saturated rings. The predicted octanol–water partition coefficient (Wildman–Crippen LogP) is 0.892. The highest BCUT2D eigenvalue weighted by Gasteiger charge is 2.09. The minimum absolute atomic E-state index is 0.153. The number of rotatable bonds is 2. The van der Waals surface area contributed by atoms with Crippen LogP contribution in [0.2, 0.25) is 0 Å². The monoisotopic (exact) mass is 184 g/mol. The molecule has 0 aliphatic heterocycles. The van der Waals surface area contributed by atoms with Gasteiger partial charge in [-0.1, -0.05) is 13.0 Å². The third-order valence-electron chi connectivity index (χ3n) is 1.85. The molecule has 0 saturated heterocycles. The van der Waals surface area contributed by atoms with E-state index < -0.39 is 0 Å². The Morgan fingerprint density at radius 3 is 2.86 bits per heavy atom. The second kappa shape index (κ2) is 3.61. The van der Waals surface area contributed by atoms with Crippen LogP contribution in [-0.4, -0.2) is 27.6 Å². The Balaban J connectivity index is 2.47. The molecular formula is C9H9BN4. The van der Waals surface area contributed by atoms with Crippen LogP contribution >= 0.6 is 0 Å². The van der Waals surface area contributed by atoms with E-state index in [4.69, 9.17) is 7.85 Å². The molecule has 0 aliphatic carbocycles. The average Bonchev–Trinajstić information content (AvgIpc) is 2.67. The summed E-state index contributed by atoms with van der Waals surface area (Å²) in [5.74, 6) is 1.29. The van der Waals surface area contributed by atoms with Gasteiger partial charge < -0.3 is 0 Å². The van der Waals surface area contributed by atoms with Gasteiger partial charge >= 0.3 is 0 Å². The van der Waals surface area contributed by atoms with E-state index in [0.29, 0.717) is 5.82 Å². The largest absolute Gasteiger partial charge is 0.237 e. The normalized spacial score (nSPS) is 12.6. The molecule has 2 radical (unpaired) electrons. The Hall–Kier alpha value is -1.65. The van der Waals surface area contributed by atoms with Gasteiger partial charge in [-0.15, -0.1) is 0 Å². The van der Waals surface area contributed by atoms with E-state index >= 15 is 0 Å². The van der Waals surface area contributed by atoms with Crippen LogP contribution in [0, 0.1) is 0 Å². The van der Waals surface area contributed by atoms with Gasteiger partial charge in [0.1, 0.15) is 12.2 Å². The van der Waals surface area contributed by atoms with Crippen molar-refractivity contribution in [2.75, 3.05) is 0 Å². The second-order valence-corrected chi connectivity index (χ2v) is 3.01. The maximum Gasteiger partial charge on any atom is 0.155 e. The van der Waals surface area contributed by atoms with Crippen LogP contribution in [0.15, 0.2) is 30.7 Å². The lowest BCUT2D eigenvalue weighted by Gasteiger charge is -2.06. The molecular weight excluding hydrogens is 175 g/mol. The van der Waals surface area contributed by atoms with Crippen LogP contribution in [0.3, 0.4) is 0 Å². The zero-order valence-electron chi connectivity index (χ0n) is 7.83. The zero-order chi connectivity index (χ0) is 9.97. The summed E-state index contributed by atoms with van der Waals surface area (Å²) in [4.78, 5) is 8.25. The van der Waals surface area contributed by atoms with Crippen LogP contribution in [0.1, 0.15) is 18.6 Å². The van der Waals surface area contributed by atoms with E-state index in [1.165, 1.54) is 6.33 Å². The summed E-state index contributed by atoms with van der Waals surface area (Å²) < 4.78 is 1.64. The van der Waals surface area contributed by atoms with Crippen molar-refractivity contribution in [3.05, 3.63) is 36.5 Å². The topological polar surface area (TPSA) is 43.6 Å². The van der Waals surface area contributed by atoms with Crippen LogP contribution in [0.5, 0.6) is 0 Å². The molecule has 0 spiro atoms. The number of nitrogens with zero attached hydrogens (tertiary/aromatic N) is 4. The van der Waals surface area contributed by atoms with Crippen molar-refractivity contribution in [1.29, 1.82) is 0 Å². The molecule has 0 aliphatic rings. The number of aromatic nitrogens is 4. The van der Waals surface area contributed by atoms with Crippen molar-refractivity contribution in [3.8, 4) is 5.82 Å². The fourth-order valence-electron chi connectivity index (χ4n) is 1.22. The van der Waals surface area contributed by atoms with Crippen LogP contribution in [0.4, 0.5) is 0 Å². The Labute approximate surface area is 83.4 Å². The average molecular weight is 184 g/mol. The minimum atomic E-state index is -0.153. The molecule has 2 aromatic rings. The standard InChI is InChI=1S/C9H9BN4/c1-7(10)9-12-6-13-14(9)8-4-2-3-5-11-8/h2-7H,1H3. The highest BCUT2D eigenvalue weighted by Crippen LogP contribution is 2.11. The molecule has 5 heteroatoms. The summed E-state index contributed by atoms with van der Waals surface area (Å²) in [5.41, 5.74) is 0. The van der Waals surface area contributed by atoms with Gasteiger partial charge in [0.25, 0.3) is 0 Å². The SMILES string of the molecule is [B]C(C)c1ncnn1-c1ccccn1. The maximum absolute atomic E-state index is 5.75. The van der Waals surface area contributed by atoms with E-state index in [-0.39, 0.29) is 5.82 Å². The molecule has 0 amide bonds. The van der Waals surface area contributed by atoms with Crippen LogP contribution < -0.4 is 0 Å².